The number of halogens is 1. The van der Waals surface area contributed by atoms with Gasteiger partial charge in [-0.3, -0.25) is 5.10 Å². The number of rotatable bonds is 3. The molecule has 0 saturated heterocycles. The number of H-pyrrole nitrogens is 1. The lowest BCUT2D eigenvalue weighted by Crippen LogP contribution is -2.03. The molecule has 19 heavy (non-hydrogen) atoms. The Kier molecular flexibility index (Phi) is 3.12. The van der Waals surface area contributed by atoms with Gasteiger partial charge in [0.2, 0.25) is 0 Å². The lowest BCUT2D eigenvalue weighted by atomic mass is 10.1. The van der Waals surface area contributed by atoms with E-state index in [1.807, 2.05) is 25.1 Å². The summed E-state index contributed by atoms with van der Waals surface area (Å²) in [6.45, 7) is 2.42. The SMILES string of the molecule is Cc1nc2cc(-c3n[nH]c(CCN)c3Br)ccc2o1. The van der Waals surface area contributed by atoms with Crippen LogP contribution in [0.4, 0.5) is 0 Å². The average Bonchev–Trinajstić information content (AvgIpc) is 2.92. The van der Waals surface area contributed by atoms with Gasteiger partial charge in [0.05, 0.1) is 10.2 Å². The Bertz CT molecular complexity index is 731. The fraction of sp³-hybridized carbons (Fsp3) is 0.231. The largest absolute Gasteiger partial charge is 0.441 e. The molecule has 0 unspecified atom stereocenters. The molecule has 0 radical (unpaired) electrons. The summed E-state index contributed by atoms with van der Waals surface area (Å²) in [5, 5.41) is 7.34. The number of nitrogens with one attached hydrogen (secondary N) is 1. The van der Waals surface area contributed by atoms with Crippen LogP contribution in [0, 0.1) is 6.92 Å². The Morgan fingerprint density at radius 2 is 2.26 bits per heavy atom. The number of aryl methyl sites for hydroxylation is 1. The molecule has 0 bridgehead atoms. The van der Waals surface area contributed by atoms with Crippen molar-refractivity contribution >= 4 is 27.0 Å². The smallest absolute Gasteiger partial charge is 0.192 e. The Balaban J connectivity index is 2.08. The van der Waals surface area contributed by atoms with Gasteiger partial charge in [-0.1, -0.05) is 0 Å². The number of hydrogen-bond donors (Lipinski definition) is 2. The quantitative estimate of drug-likeness (QED) is 0.777. The van der Waals surface area contributed by atoms with Crippen molar-refractivity contribution in [2.24, 2.45) is 5.73 Å². The summed E-state index contributed by atoms with van der Waals surface area (Å²) < 4.78 is 6.42. The number of hydrogen-bond acceptors (Lipinski definition) is 4. The highest BCUT2D eigenvalue weighted by molar-refractivity contribution is 9.10. The van der Waals surface area contributed by atoms with Gasteiger partial charge in [0.25, 0.3) is 0 Å². The van der Waals surface area contributed by atoms with Gasteiger partial charge in [0.15, 0.2) is 11.5 Å². The maximum absolute atomic E-state index is 5.56. The lowest BCUT2D eigenvalue weighted by molar-refractivity contribution is 0.561. The Labute approximate surface area is 118 Å². The zero-order chi connectivity index (χ0) is 13.4. The van der Waals surface area contributed by atoms with Crippen molar-refractivity contribution in [2.45, 2.75) is 13.3 Å². The molecule has 0 aliphatic rings. The molecule has 98 valence electrons. The molecule has 0 atom stereocenters. The molecule has 0 spiro atoms. The van der Waals surface area contributed by atoms with Gasteiger partial charge in [-0.15, -0.1) is 0 Å². The van der Waals surface area contributed by atoms with Crippen LogP contribution < -0.4 is 5.73 Å². The predicted molar refractivity (Wildman–Crippen MR) is 76.8 cm³/mol. The second-order valence-corrected chi connectivity index (χ2v) is 5.11. The molecule has 6 heteroatoms. The minimum absolute atomic E-state index is 0.585. The third-order valence-electron chi connectivity index (χ3n) is 2.94. The van der Waals surface area contributed by atoms with E-state index in [9.17, 15) is 0 Å². The first kappa shape index (κ1) is 12.4. The monoisotopic (exact) mass is 320 g/mol. The van der Waals surface area contributed by atoms with E-state index in [0.717, 1.165) is 38.9 Å². The normalized spacial score (nSPS) is 11.3. The zero-order valence-corrected chi connectivity index (χ0v) is 12.0. The molecular formula is C13H13BrN4O. The van der Waals surface area contributed by atoms with Gasteiger partial charge >= 0.3 is 0 Å². The summed E-state index contributed by atoms with van der Waals surface area (Å²) in [5.41, 5.74) is 10.1. The average molecular weight is 321 g/mol. The lowest BCUT2D eigenvalue weighted by Gasteiger charge is -1.98. The van der Waals surface area contributed by atoms with E-state index in [2.05, 4.69) is 31.1 Å². The summed E-state index contributed by atoms with van der Waals surface area (Å²) in [7, 11) is 0. The molecule has 0 amide bonds. The van der Waals surface area contributed by atoms with Gasteiger partial charge in [0, 0.05) is 18.9 Å². The standard InChI is InChI=1S/C13H13BrN4O/c1-7-16-10-6-8(2-3-11(10)19-7)13-12(14)9(4-5-15)17-18-13/h2-3,6H,4-5,15H2,1H3,(H,17,18). The molecule has 0 aliphatic heterocycles. The van der Waals surface area contributed by atoms with Crippen LogP contribution in [-0.4, -0.2) is 21.7 Å². The first-order valence-corrected chi connectivity index (χ1v) is 6.78. The number of nitrogens with zero attached hydrogens (tertiary/aromatic N) is 2. The van der Waals surface area contributed by atoms with Crippen molar-refractivity contribution < 1.29 is 4.42 Å². The molecule has 1 aromatic carbocycles. The Morgan fingerprint density at radius 1 is 1.42 bits per heavy atom. The number of oxazole rings is 1. The van der Waals surface area contributed by atoms with Gasteiger partial charge < -0.3 is 10.2 Å². The highest BCUT2D eigenvalue weighted by Crippen LogP contribution is 2.31. The molecule has 2 aromatic heterocycles. The minimum Gasteiger partial charge on any atom is -0.441 e. The predicted octanol–water partition coefficient (Wildman–Crippen LogP) is 2.79. The van der Waals surface area contributed by atoms with E-state index in [1.54, 1.807) is 0 Å². The molecule has 3 rings (SSSR count). The molecular weight excluding hydrogens is 308 g/mol. The highest BCUT2D eigenvalue weighted by Gasteiger charge is 2.13. The van der Waals surface area contributed by atoms with E-state index in [4.69, 9.17) is 10.2 Å². The highest BCUT2D eigenvalue weighted by atomic mass is 79.9. The van der Waals surface area contributed by atoms with Gasteiger partial charge in [0.1, 0.15) is 11.2 Å². The van der Waals surface area contributed by atoms with Crippen molar-refractivity contribution in [3.63, 3.8) is 0 Å². The number of fused-ring (bicyclic) bond motifs is 1. The van der Waals surface area contributed by atoms with E-state index >= 15 is 0 Å². The molecule has 0 saturated carbocycles. The third-order valence-corrected chi connectivity index (χ3v) is 3.79. The van der Waals surface area contributed by atoms with Crippen LogP contribution in [0.3, 0.4) is 0 Å². The van der Waals surface area contributed by atoms with Crippen LogP contribution in [0.25, 0.3) is 22.4 Å². The van der Waals surface area contributed by atoms with Crippen LogP contribution in [0.15, 0.2) is 27.1 Å². The van der Waals surface area contributed by atoms with Crippen LogP contribution in [-0.2, 0) is 6.42 Å². The topological polar surface area (TPSA) is 80.7 Å². The molecule has 3 N–H and O–H groups in total. The fourth-order valence-corrected chi connectivity index (χ4v) is 2.66. The van der Waals surface area contributed by atoms with Gasteiger partial charge in [-0.2, -0.15) is 5.10 Å². The van der Waals surface area contributed by atoms with E-state index in [0.29, 0.717) is 12.4 Å². The Morgan fingerprint density at radius 3 is 3.05 bits per heavy atom. The number of nitrogens with two attached hydrogens (primary N) is 1. The number of aromatic amines is 1. The first-order chi connectivity index (χ1) is 9.19. The number of benzene rings is 1. The van der Waals surface area contributed by atoms with E-state index < -0.39 is 0 Å². The summed E-state index contributed by atoms with van der Waals surface area (Å²) in [5.74, 6) is 0.664. The summed E-state index contributed by atoms with van der Waals surface area (Å²) in [4.78, 5) is 4.33. The van der Waals surface area contributed by atoms with Crippen molar-refractivity contribution in [3.8, 4) is 11.3 Å². The van der Waals surface area contributed by atoms with Crippen molar-refractivity contribution in [1.29, 1.82) is 0 Å². The van der Waals surface area contributed by atoms with E-state index in [1.165, 1.54) is 0 Å². The summed E-state index contributed by atoms with van der Waals surface area (Å²) in [6, 6.07) is 5.85. The van der Waals surface area contributed by atoms with Crippen LogP contribution in [0.5, 0.6) is 0 Å². The molecule has 3 aromatic rings. The molecule has 2 heterocycles. The van der Waals surface area contributed by atoms with E-state index in [-0.39, 0.29) is 0 Å². The van der Waals surface area contributed by atoms with Crippen molar-refractivity contribution in [2.75, 3.05) is 6.54 Å². The molecule has 0 fully saturated rings. The van der Waals surface area contributed by atoms with Gasteiger partial charge in [-0.25, -0.2) is 4.98 Å². The van der Waals surface area contributed by atoms with Crippen molar-refractivity contribution in [3.05, 3.63) is 34.3 Å². The van der Waals surface area contributed by atoms with Crippen molar-refractivity contribution in [1.82, 2.24) is 15.2 Å². The second-order valence-electron chi connectivity index (χ2n) is 4.32. The summed E-state index contributed by atoms with van der Waals surface area (Å²) in [6.07, 6.45) is 0.763. The summed E-state index contributed by atoms with van der Waals surface area (Å²) >= 11 is 3.57. The Hall–Kier alpha value is -1.66. The van der Waals surface area contributed by atoms with Crippen LogP contribution in [0.2, 0.25) is 0 Å². The van der Waals surface area contributed by atoms with Gasteiger partial charge in [-0.05, 0) is 40.7 Å². The third kappa shape index (κ3) is 2.17. The minimum atomic E-state index is 0.585. The maximum atomic E-state index is 5.56. The second kappa shape index (κ2) is 4.79. The maximum Gasteiger partial charge on any atom is 0.192 e. The first-order valence-electron chi connectivity index (χ1n) is 5.99. The van der Waals surface area contributed by atoms with Crippen LogP contribution >= 0.6 is 15.9 Å². The zero-order valence-electron chi connectivity index (χ0n) is 10.4. The number of aromatic nitrogens is 3. The molecule has 0 aliphatic carbocycles. The molecule has 5 nitrogen and oxygen atoms in total. The van der Waals surface area contributed by atoms with Crippen LogP contribution in [0.1, 0.15) is 11.6 Å². The fourth-order valence-electron chi connectivity index (χ4n) is 2.06.